The first-order chi connectivity index (χ1) is 9.49. The molecule has 1 aliphatic heterocycles. The number of benzene rings is 1. The molecule has 1 saturated heterocycles. The number of carbonyl (C=O) groups excluding carboxylic acids is 1. The van der Waals surface area contributed by atoms with Crippen LogP contribution in [-0.4, -0.2) is 47.7 Å². The molecule has 1 aromatic carbocycles. The molecule has 0 spiro atoms. The highest BCUT2D eigenvalue weighted by atomic mass is 19.1. The smallest absolute Gasteiger partial charge is 0.305 e. The molecule has 5 nitrogen and oxygen atoms in total. The van der Waals surface area contributed by atoms with Crippen molar-refractivity contribution >= 4 is 11.9 Å². The number of carboxylic acids is 1. The number of ether oxygens (including phenoxy) is 1. The van der Waals surface area contributed by atoms with Crippen LogP contribution in [0.5, 0.6) is 0 Å². The monoisotopic (exact) mass is 281 g/mol. The largest absolute Gasteiger partial charge is 0.481 e. The molecule has 0 bridgehead atoms. The summed E-state index contributed by atoms with van der Waals surface area (Å²) in [5.41, 5.74) is 0.930. The lowest BCUT2D eigenvalue weighted by molar-refractivity contribution is -0.139. The summed E-state index contributed by atoms with van der Waals surface area (Å²) < 4.78 is 18.3. The molecule has 1 aliphatic rings. The van der Waals surface area contributed by atoms with Gasteiger partial charge >= 0.3 is 5.97 Å². The Morgan fingerprint density at radius 3 is 2.90 bits per heavy atom. The average Bonchev–Trinajstić information content (AvgIpc) is 2.38. The predicted octanol–water partition coefficient (Wildman–Crippen LogP) is 1.45. The Morgan fingerprint density at radius 2 is 2.25 bits per heavy atom. The Hall–Kier alpha value is -1.95. The zero-order chi connectivity index (χ0) is 14.7. The second kappa shape index (κ2) is 6.00. The number of morpholine rings is 1. The molecule has 1 heterocycles. The number of amides is 1. The molecule has 1 unspecified atom stereocenters. The van der Waals surface area contributed by atoms with E-state index in [-0.39, 0.29) is 18.9 Å². The fourth-order valence-electron chi connectivity index (χ4n) is 2.31. The molecule has 108 valence electrons. The van der Waals surface area contributed by atoms with Gasteiger partial charge in [-0.2, -0.15) is 0 Å². The van der Waals surface area contributed by atoms with E-state index in [0.29, 0.717) is 24.3 Å². The molecule has 1 N–H and O–H groups in total. The van der Waals surface area contributed by atoms with Crippen molar-refractivity contribution in [1.29, 1.82) is 0 Å². The van der Waals surface area contributed by atoms with Crippen molar-refractivity contribution in [1.82, 2.24) is 4.90 Å². The van der Waals surface area contributed by atoms with Crippen molar-refractivity contribution in [3.8, 4) is 0 Å². The molecular formula is C14H16FNO4. The second-order valence-electron chi connectivity index (χ2n) is 4.78. The summed E-state index contributed by atoms with van der Waals surface area (Å²) in [6.07, 6.45) is -0.161. The lowest BCUT2D eigenvalue weighted by Gasteiger charge is -2.35. The summed E-state index contributed by atoms with van der Waals surface area (Å²) in [6.45, 7) is 2.58. The molecule has 1 fully saturated rings. The highest BCUT2D eigenvalue weighted by Gasteiger charge is 2.30. The van der Waals surface area contributed by atoms with Gasteiger partial charge in [-0.15, -0.1) is 0 Å². The Bertz CT molecular complexity index is 532. The van der Waals surface area contributed by atoms with Crippen LogP contribution in [0.1, 0.15) is 22.3 Å². The third-order valence-electron chi connectivity index (χ3n) is 3.32. The quantitative estimate of drug-likeness (QED) is 0.910. The number of halogens is 1. The number of hydrogen-bond donors (Lipinski definition) is 1. The van der Waals surface area contributed by atoms with Gasteiger partial charge in [0.1, 0.15) is 5.82 Å². The van der Waals surface area contributed by atoms with Crippen molar-refractivity contribution < 1.29 is 23.8 Å². The van der Waals surface area contributed by atoms with Crippen LogP contribution in [0.25, 0.3) is 0 Å². The molecule has 1 amide bonds. The number of carbonyl (C=O) groups is 2. The molecule has 0 radical (unpaired) electrons. The van der Waals surface area contributed by atoms with Gasteiger partial charge in [-0.1, -0.05) is 0 Å². The van der Waals surface area contributed by atoms with E-state index in [1.807, 2.05) is 0 Å². The lowest BCUT2D eigenvalue weighted by atomic mass is 10.0. The van der Waals surface area contributed by atoms with E-state index in [4.69, 9.17) is 9.84 Å². The van der Waals surface area contributed by atoms with E-state index >= 15 is 0 Å². The minimum absolute atomic E-state index is 0.161. The Morgan fingerprint density at radius 1 is 1.50 bits per heavy atom. The van der Waals surface area contributed by atoms with Crippen LogP contribution in [0, 0.1) is 12.7 Å². The Kier molecular flexibility index (Phi) is 4.34. The average molecular weight is 281 g/mol. The van der Waals surface area contributed by atoms with Crippen LogP contribution in [0.3, 0.4) is 0 Å². The zero-order valence-corrected chi connectivity index (χ0v) is 11.1. The molecule has 1 aromatic rings. The molecule has 0 aromatic heterocycles. The summed E-state index contributed by atoms with van der Waals surface area (Å²) in [5, 5.41) is 8.88. The highest BCUT2D eigenvalue weighted by Crippen LogP contribution is 2.18. The minimum atomic E-state index is -0.978. The van der Waals surface area contributed by atoms with Crippen molar-refractivity contribution in [2.75, 3.05) is 19.8 Å². The standard InChI is InChI=1S/C14H16FNO4/c1-9-6-10(15)2-3-12(9)14(19)16-4-5-20-8-11(16)7-13(17)18/h2-3,6,11H,4-5,7-8H2,1H3,(H,17,18). The van der Waals surface area contributed by atoms with Gasteiger partial charge in [-0.3, -0.25) is 9.59 Å². The van der Waals surface area contributed by atoms with E-state index in [9.17, 15) is 14.0 Å². The molecule has 0 saturated carbocycles. The lowest BCUT2D eigenvalue weighted by Crippen LogP contribution is -2.49. The third-order valence-corrected chi connectivity index (χ3v) is 3.32. The normalized spacial score (nSPS) is 18.9. The maximum Gasteiger partial charge on any atom is 0.305 e. The fraction of sp³-hybridized carbons (Fsp3) is 0.429. The number of aryl methyl sites for hydroxylation is 1. The van der Waals surface area contributed by atoms with Gasteiger partial charge in [0.25, 0.3) is 5.91 Å². The van der Waals surface area contributed by atoms with E-state index in [0.717, 1.165) is 0 Å². The van der Waals surface area contributed by atoms with Crippen LogP contribution in [0.4, 0.5) is 4.39 Å². The number of carboxylic acid groups (broad SMARTS) is 1. The van der Waals surface area contributed by atoms with Gasteiger partial charge in [0.05, 0.1) is 25.7 Å². The molecule has 1 atom stereocenters. The zero-order valence-electron chi connectivity index (χ0n) is 11.1. The summed E-state index contributed by atoms with van der Waals surface area (Å²) in [7, 11) is 0. The molecule has 0 aliphatic carbocycles. The number of aliphatic carboxylic acids is 1. The summed E-state index contributed by atoms with van der Waals surface area (Å²) in [4.78, 5) is 24.8. The first-order valence-corrected chi connectivity index (χ1v) is 6.35. The van der Waals surface area contributed by atoms with E-state index in [1.54, 1.807) is 6.92 Å². The number of rotatable bonds is 3. The topological polar surface area (TPSA) is 66.8 Å². The number of hydrogen-bond acceptors (Lipinski definition) is 3. The number of nitrogens with zero attached hydrogens (tertiary/aromatic N) is 1. The van der Waals surface area contributed by atoms with Crippen LogP contribution < -0.4 is 0 Å². The van der Waals surface area contributed by atoms with Gasteiger partial charge in [-0.05, 0) is 30.7 Å². The van der Waals surface area contributed by atoms with E-state index < -0.39 is 17.8 Å². The minimum Gasteiger partial charge on any atom is -0.481 e. The Labute approximate surface area is 116 Å². The fourth-order valence-corrected chi connectivity index (χ4v) is 2.31. The maximum absolute atomic E-state index is 13.1. The summed E-state index contributed by atoms with van der Waals surface area (Å²) >= 11 is 0. The van der Waals surface area contributed by atoms with Crippen molar-refractivity contribution in [3.05, 3.63) is 35.1 Å². The SMILES string of the molecule is Cc1cc(F)ccc1C(=O)N1CCOCC1CC(=O)O. The molecular weight excluding hydrogens is 265 g/mol. The predicted molar refractivity (Wildman–Crippen MR) is 69.0 cm³/mol. The molecule has 20 heavy (non-hydrogen) atoms. The van der Waals surface area contributed by atoms with Crippen LogP contribution >= 0.6 is 0 Å². The second-order valence-corrected chi connectivity index (χ2v) is 4.78. The van der Waals surface area contributed by atoms with Crippen LogP contribution in [0.2, 0.25) is 0 Å². The molecule has 2 rings (SSSR count). The summed E-state index contributed by atoms with van der Waals surface area (Å²) in [6, 6.07) is 3.46. The highest BCUT2D eigenvalue weighted by molar-refractivity contribution is 5.96. The maximum atomic E-state index is 13.1. The summed E-state index contributed by atoms with van der Waals surface area (Å²) in [5.74, 6) is -1.66. The van der Waals surface area contributed by atoms with Gasteiger partial charge < -0.3 is 14.7 Å². The van der Waals surface area contributed by atoms with Gasteiger partial charge in [0.15, 0.2) is 0 Å². The van der Waals surface area contributed by atoms with E-state index in [1.165, 1.54) is 23.1 Å². The van der Waals surface area contributed by atoms with Crippen molar-refractivity contribution in [3.63, 3.8) is 0 Å². The van der Waals surface area contributed by atoms with Gasteiger partial charge in [-0.25, -0.2) is 4.39 Å². The van der Waals surface area contributed by atoms with Crippen molar-refractivity contribution in [2.24, 2.45) is 0 Å². The third kappa shape index (κ3) is 3.14. The van der Waals surface area contributed by atoms with Gasteiger partial charge in [0, 0.05) is 12.1 Å². The Balaban J connectivity index is 2.22. The molecule has 6 heteroatoms. The van der Waals surface area contributed by atoms with E-state index in [2.05, 4.69) is 0 Å². The van der Waals surface area contributed by atoms with Gasteiger partial charge in [0.2, 0.25) is 0 Å². The van der Waals surface area contributed by atoms with Crippen LogP contribution in [0.15, 0.2) is 18.2 Å². The van der Waals surface area contributed by atoms with Crippen molar-refractivity contribution in [2.45, 2.75) is 19.4 Å². The first kappa shape index (κ1) is 14.5. The first-order valence-electron chi connectivity index (χ1n) is 6.35. The van der Waals surface area contributed by atoms with Crippen LogP contribution in [-0.2, 0) is 9.53 Å².